The normalized spacial score (nSPS) is 24.5. The highest BCUT2D eigenvalue weighted by atomic mass is 35.5. The number of amidine groups is 1. The van der Waals surface area contributed by atoms with Gasteiger partial charge in [-0.1, -0.05) is 41.6 Å². The quantitative estimate of drug-likeness (QED) is 0.735. The molecule has 2 fully saturated rings. The molecule has 0 unspecified atom stereocenters. The van der Waals surface area contributed by atoms with E-state index in [1.807, 2.05) is 0 Å². The summed E-state index contributed by atoms with van der Waals surface area (Å²) < 4.78 is 37.9. The zero-order chi connectivity index (χ0) is 19.9. The van der Waals surface area contributed by atoms with E-state index in [1.165, 1.54) is 23.9 Å². The molecule has 0 aromatic heterocycles. The molecule has 2 aliphatic heterocycles. The maximum absolute atomic E-state index is 13.8. The number of aliphatic imine (C=N–C) groups is 1. The lowest BCUT2D eigenvalue weighted by molar-refractivity contribution is -0.117. The fraction of sp³-hybridized carbons (Fsp3) is 0.263. The van der Waals surface area contributed by atoms with Crippen molar-refractivity contribution in [1.82, 2.24) is 0 Å². The minimum Gasteiger partial charge on any atom is -0.315 e. The molecule has 0 saturated carbocycles. The molecule has 0 radical (unpaired) electrons. The first kappa shape index (κ1) is 19.4. The SMILES string of the molecule is O=C(Cc1ccc(Cl)cc1)N=C1S[C@@H]2CS(=O)(=O)C[C@H]2N1c1cccc(F)c1. The number of carbonyl (C=O) groups excluding carboxylic acids is 1. The van der Waals surface area contributed by atoms with E-state index in [9.17, 15) is 17.6 Å². The lowest BCUT2D eigenvalue weighted by atomic mass is 10.1. The molecule has 4 rings (SSSR count). The van der Waals surface area contributed by atoms with Gasteiger partial charge < -0.3 is 4.90 Å². The summed E-state index contributed by atoms with van der Waals surface area (Å²) in [5, 5.41) is 0.769. The van der Waals surface area contributed by atoms with Crippen LogP contribution < -0.4 is 4.90 Å². The lowest BCUT2D eigenvalue weighted by Gasteiger charge is -2.24. The van der Waals surface area contributed by atoms with Gasteiger partial charge in [0.25, 0.3) is 5.91 Å². The van der Waals surface area contributed by atoms with E-state index in [-0.39, 0.29) is 35.1 Å². The number of carbonyl (C=O) groups is 1. The summed E-state index contributed by atoms with van der Waals surface area (Å²) in [6.07, 6.45) is 0.103. The monoisotopic (exact) mass is 438 g/mol. The predicted molar refractivity (Wildman–Crippen MR) is 110 cm³/mol. The molecule has 0 aliphatic carbocycles. The maximum Gasteiger partial charge on any atom is 0.252 e. The summed E-state index contributed by atoms with van der Waals surface area (Å²) in [6.45, 7) is 0. The van der Waals surface area contributed by atoms with Crippen molar-refractivity contribution in [1.29, 1.82) is 0 Å². The summed E-state index contributed by atoms with van der Waals surface area (Å²) >= 11 is 7.13. The minimum atomic E-state index is -3.17. The molecule has 2 aliphatic rings. The van der Waals surface area contributed by atoms with Crippen molar-refractivity contribution < 1.29 is 17.6 Å². The van der Waals surface area contributed by atoms with Gasteiger partial charge in [-0.15, -0.1) is 0 Å². The van der Waals surface area contributed by atoms with Gasteiger partial charge >= 0.3 is 0 Å². The van der Waals surface area contributed by atoms with Crippen LogP contribution in [-0.2, 0) is 21.1 Å². The van der Waals surface area contributed by atoms with Crippen molar-refractivity contribution in [2.75, 3.05) is 16.4 Å². The molecule has 0 bridgehead atoms. The van der Waals surface area contributed by atoms with E-state index in [4.69, 9.17) is 11.6 Å². The molecule has 2 heterocycles. The number of anilines is 1. The van der Waals surface area contributed by atoms with Crippen LogP contribution in [0.25, 0.3) is 0 Å². The van der Waals surface area contributed by atoms with Gasteiger partial charge in [0.2, 0.25) is 0 Å². The van der Waals surface area contributed by atoms with E-state index < -0.39 is 15.7 Å². The summed E-state index contributed by atoms with van der Waals surface area (Å²) in [6, 6.07) is 12.5. The predicted octanol–water partition coefficient (Wildman–Crippen LogP) is 3.32. The maximum atomic E-state index is 13.8. The van der Waals surface area contributed by atoms with Crippen LogP contribution in [-0.4, -0.2) is 42.3 Å². The number of nitrogens with zero attached hydrogens (tertiary/aromatic N) is 2. The highest BCUT2D eigenvalue weighted by Crippen LogP contribution is 2.41. The average molecular weight is 439 g/mol. The summed E-state index contributed by atoms with van der Waals surface area (Å²) in [7, 11) is -3.17. The molecule has 1 amide bonds. The highest BCUT2D eigenvalue weighted by Gasteiger charge is 2.49. The molecule has 28 heavy (non-hydrogen) atoms. The second-order valence-electron chi connectivity index (χ2n) is 6.74. The first-order chi connectivity index (χ1) is 13.3. The van der Waals surface area contributed by atoms with Gasteiger partial charge in [0.1, 0.15) is 5.82 Å². The van der Waals surface area contributed by atoms with Gasteiger partial charge in [-0.2, -0.15) is 4.99 Å². The molecule has 2 aromatic carbocycles. The van der Waals surface area contributed by atoms with Gasteiger partial charge in [0, 0.05) is 16.0 Å². The first-order valence-corrected chi connectivity index (χ1v) is 11.7. The molecular weight excluding hydrogens is 423 g/mol. The Hall–Kier alpha value is -1.90. The number of hydrogen-bond donors (Lipinski definition) is 0. The molecular formula is C19H16ClFN2O3S2. The van der Waals surface area contributed by atoms with Crippen molar-refractivity contribution in [3.8, 4) is 0 Å². The van der Waals surface area contributed by atoms with Crippen LogP contribution in [0, 0.1) is 5.82 Å². The Morgan fingerprint density at radius 1 is 1.21 bits per heavy atom. The Morgan fingerprint density at radius 3 is 2.68 bits per heavy atom. The second-order valence-corrected chi connectivity index (χ2v) is 10.5. The Labute approximate surface area is 171 Å². The Bertz CT molecular complexity index is 1060. The smallest absolute Gasteiger partial charge is 0.252 e. The molecule has 2 saturated heterocycles. The molecule has 0 N–H and O–H groups in total. The molecule has 2 atom stereocenters. The number of fused-ring (bicyclic) bond motifs is 1. The number of halogens is 2. The second kappa shape index (κ2) is 7.50. The van der Waals surface area contributed by atoms with Gasteiger partial charge in [0.05, 0.1) is 24.0 Å². The third-order valence-electron chi connectivity index (χ3n) is 4.64. The molecule has 5 nitrogen and oxygen atoms in total. The Morgan fingerprint density at radius 2 is 1.96 bits per heavy atom. The molecule has 9 heteroatoms. The van der Waals surface area contributed by atoms with Crippen LogP contribution in [0.5, 0.6) is 0 Å². The van der Waals surface area contributed by atoms with Crippen molar-refractivity contribution in [2.24, 2.45) is 4.99 Å². The number of sulfone groups is 1. The minimum absolute atomic E-state index is 0.0263. The highest BCUT2D eigenvalue weighted by molar-refractivity contribution is 8.16. The Kier molecular flexibility index (Phi) is 5.20. The summed E-state index contributed by atoms with van der Waals surface area (Å²) in [5.74, 6) is -0.794. The van der Waals surface area contributed by atoms with Gasteiger partial charge in [-0.25, -0.2) is 12.8 Å². The standard InChI is InChI=1S/C19H16ClFN2O3S2/c20-13-6-4-12(5-7-13)8-18(24)22-19-23(15-3-1-2-14(21)9-15)16-10-28(25,26)11-17(16)27-19/h1-7,9,16-17H,8,10-11H2/t16-,17-/m1/s1. The summed E-state index contributed by atoms with van der Waals surface area (Å²) in [4.78, 5) is 18.4. The number of benzene rings is 2. The fourth-order valence-corrected chi connectivity index (χ4v) is 7.47. The zero-order valence-electron chi connectivity index (χ0n) is 14.6. The van der Waals surface area contributed by atoms with E-state index in [0.29, 0.717) is 15.9 Å². The summed E-state index contributed by atoms with van der Waals surface area (Å²) in [5.41, 5.74) is 1.27. The molecule has 0 spiro atoms. The molecule has 146 valence electrons. The zero-order valence-corrected chi connectivity index (χ0v) is 17.0. The van der Waals surface area contributed by atoms with Crippen molar-refractivity contribution >= 4 is 50.0 Å². The van der Waals surface area contributed by atoms with Crippen molar-refractivity contribution in [3.63, 3.8) is 0 Å². The van der Waals surface area contributed by atoms with E-state index >= 15 is 0 Å². The number of rotatable bonds is 3. The van der Waals surface area contributed by atoms with Crippen molar-refractivity contribution in [2.45, 2.75) is 17.7 Å². The number of amides is 1. The lowest BCUT2D eigenvalue weighted by Crippen LogP contribution is -2.37. The van der Waals surface area contributed by atoms with Crippen LogP contribution in [0.4, 0.5) is 10.1 Å². The fourth-order valence-electron chi connectivity index (χ4n) is 3.42. The first-order valence-electron chi connectivity index (χ1n) is 8.58. The topological polar surface area (TPSA) is 66.8 Å². The third kappa shape index (κ3) is 4.09. The van der Waals surface area contributed by atoms with E-state index in [0.717, 1.165) is 5.56 Å². The van der Waals surface area contributed by atoms with E-state index in [2.05, 4.69) is 4.99 Å². The number of thioether (sulfide) groups is 1. The van der Waals surface area contributed by atoms with Gasteiger partial charge in [-0.3, -0.25) is 4.79 Å². The van der Waals surface area contributed by atoms with Crippen LogP contribution in [0.1, 0.15) is 5.56 Å². The van der Waals surface area contributed by atoms with Crippen LogP contribution in [0.15, 0.2) is 53.5 Å². The number of hydrogen-bond acceptors (Lipinski definition) is 4. The van der Waals surface area contributed by atoms with E-state index in [1.54, 1.807) is 41.3 Å². The molecule has 2 aromatic rings. The van der Waals surface area contributed by atoms with Crippen molar-refractivity contribution in [3.05, 3.63) is 64.9 Å². The third-order valence-corrected chi connectivity index (χ3v) is 8.10. The van der Waals surface area contributed by atoms with Gasteiger partial charge in [0.15, 0.2) is 15.0 Å². The Balaban J connectivity index is 1.63. The van der Waals surface area contributed by atoms with Crippen LogP contribution >= 0.6 is 23.4 Å². The van der Waals surface area contributed by atoms with Gasteiger partial charge in [-0.05, 0) is 35.9 Å². The largest absolute Gasteiger partial charge is 0.315 e. The van der Waals surface area contributed by atoms with Crippen LogP contribution in [0.2, 0.25) is 5.02 Å². The van der Waals surface area contributed by atoms with Crippen LogP contribution in [0.3, 0.4) is 0 Å². The average Bonchev–Trinajstić information content (AvgIpc) is 3.07.